The van der Waals surface area contributed by atoms with Gasteiger partial charge in [0.1, 0.15) is 5.76 Å². The first kappa shape index (κ1) is 27.6. The van der Waals surface area contributed by atoms with Crippen LogP contribution in [0, 0.1) is 40.4 Å². The molecule has 1 unspecified atom stereocenters. The number of hydrogen-bond acceptors (Lipinski definition) is 2. The first-order valence-electron chi connectivity index (χ1n) is 16.0. The molecule has 0 spiro atoms. The van der Waals surface area contributed by atoms with Gasteiger partial charge in [-0.1, -0.05) is 92.9 Å². The summed E-state index contributed by atoms with van der Waals surface area (Å²) in [6, 6.07) is 20.8. The minimum atomic E-state index is -0.267. The normalized spacial score (nSPS) is 35.2. The molecule has 0 saturated heterocycles. The number of benzene rings is 2. The van der Waals surface area contributed by atoms with Crippen LogP contribution >= 0.6 is 0 Å². The number of rotatable bonds is 5. The van der Waals surface area contributed by atoms with Crippen molar-refractivity contribution < 1.29 is 9.53 Å². The Kier molecular flexibility index (Phi) is 7.57. The summed E-state index contributed by atoms with van der Waals surface area (Å²) >= 11 is 0. The Balaban J connectivity index is 1.36. The zero-order chi connectivity index (χ0) is 27.9. The van der Waals surface area contributed by atoms with Gasteiger partial charge < -0.3 is 4.74 Å². The monoisotopic (exact) mass is 536 g/mol. The van der Waals surface area contributed by atoms with Gasteiger partial charge in [0.15, 0.2) is 0 Å². The minimum absolute atomic E-state index is 0.267. The summed E-state index contributed by atoms with van der Waals surface area (Å²) in [5.74, 6) is 4.55. The molecule has 0 heterocycles. The summed E-state index contributed by atoms with van der Waals surface area (Å²) in [5.41, 5.74) is 5.42. The Morgan fingerprint density at radius 2 is 1.40 bits per heavy atom. The number of esters is 1. The average molecular weight is 537 g/mol. The van der Waals surface area contributed by atoms with E-state index in [1.54, 1.807) is 0 Å². The van der Waals surface area contributed by atoms with Gasteiger partial charge in [-0.25, -0.2) is 0 Å². The molecular formula is C38H48O2. The molecule has 0 aromatic heterocycles. The first-order chi connectivity index (χ1) is 19.3. The van der Waals surface area contributed by atoms with Crippen molar-refractivity contribution in [2.24, 2.45) is 40.4 Å². The van der Waals surface area contributed by atoms with E-state index in [4.69, 9.17) is 4.74 Å². The maximum Gasteiger partial charge on any atom is 0.308 e. The Bertz CT molecular complexity index is 1230. The molecule has 0 N–H and O–H groups in total. The van der Waals surface area contributed by atoms with Crippen LogP contribution in [0.3, 0.4) is 0 Å². The molecule has 2 nitrogen and oxygen atoms in total. The van der Waals surface area contributed by atoms with Crippen LogP contribution in [0.1, 0.15) is 103 Å². The molecule has 4 saturated carbocycles. The first-order valence-corrected chi connectivity index (χ1v) is 16.0. The summed E-state index contributed by atoms with van der Waals surface area (Å²) in [6.45, 7) is 9.12. The number of fused-ring (bicyclic) bond motifs is 5. The second kappa shape index (κ2) is 11.0. The van der Waals surface area contributed by atoms with Crippen molar-refractivity contribution in [3.05, 3.63) is 89.2 Å². The van der Waals surface area contributed by atoms with Gasteiger partial charge >= 0.3 is 5.97 Å². The Morgan fingerprint density at radius 3 is 2.05 bits per heavy atom. The number of ether oxygens (including phenoxy) is 1. The smallest absolute Gasteiger partial charge is 0.308 e. The van der Waals surface area contributed by atoms with E-state index in [2.05, 4.69) is 75.4 Å². The molecule has 4 fully saturated rings. The van der Waals surface area contributed by atoms with E-state index in [1.165, 1.54) is 76.7 Å². The third-order valence-corrected chi connectivity index (χ3v) is 12.1. The van der Waals surface area contributed by atoms with Crippen molar-refractivity contribution in [3.63, 3.8) is 0 Å². The molecule has 2 aromatic carbocycles. The Labute approximate surface area is 242 Å². The van der Waals surface area contributed by atoms with Crippen molar-refractivity contribution >= 4 is 11.5 Å². The highest BCUT2D eigenvalue weighted by atomic mass is 16.5. The van der Waals surface area contributed by atoms with E-state index in [9.17, 15) is 4.79 Å². The van der Waals surface area contributed by atoms with Gasteiger partial charge in [0.05, 0.1) is 0 Å². The molecule has 4 aliphatic rings. The Hall–Kier alpha value is -2.61. The highest BCUT2D eigenvalue weighted by Gasteiger charge is 2.59. The highest BCUT2D eigenvalue weighted by molar-refractivity contribution is 5.84. The van der Waals surface area contributed by atoms with Gasteiger partial charge in [-0.15, -0.1) is 0 Å². The van der Waals surface area contributed by atoms with Crippen molar-refractivity contribution in [2.75, 3.05) is 0 Å². The summed E-state index contributed by atoms with van der Waals surface area (Å²) in [7, 11) is 0. The second-order valence-corrected chi connectivity index (χ2v) is 14.0. The van der Waals surface area contributed by atoms with Crippen LogP contribution in [0.4, 0.5) is 0 Å². The summed E-state index contributed by atoms with van der Waals surface area (Å²) in [4.78, 5) is 12.4. The van der Waals surface area contributed by atoms with E-state index < -0.39 is 0 Å². The summed E-state index contributed by atoms with van der Waals surface area (Å²) in [5, 5.41) is 0. The lowest BCUT2D eigenvalue weighted by Gasteiger charge is -2.60. The fourth-order valence-corrected chi connectivity index (χ4v) is 10.3. The van der Waals surface area contributed by atoms with Crippen LogP contribution in [0.25, 0.3) is 5.57 Å². The third kappa shape index (κ3) is 4.80. The molecule has 40 heavy (non-hydrogen) atoms. The van der Waals surface area contributed by atoms with E-state index in [0.717, 1.165) is 40.4 Å². The van der Waals surface area contributed by atoms with E-state index in [0.29, 0.717) is 22.5 Å². The standard InChI is InChI=1S/C38H48O2/c1-26(25-35(40-27(2)39)36(28-13-7-5-8-14-28)29-15-9-6-10-16-29)32-20-21-33-31-19-18-30-17-11-12-23-37(30,3)34(31)22-24-38(32,33)4/h5-10,13-16,25,30-34H,11-12,17-24H2,1-4H3/t30?,31-,32+,33-,34-,37-,38+/m0/s1. The molecule has 4 aliphatic carbocycles. The summed E-state index contributed by atoms with van der Waals surface area (Å²) < 4.78 is 6.04. The Morgan fingerprint density at radius 1 is 0.750 bits per heavy atom. The van der Waals surface area contributed by atoms with Gasteiger partial charge in [0.25, 0.3) is 0 Å². The highest BCUT2D eigenvalue weighted by Crippen LogP contribution is 2.68. The average Bonchev–Trinajstić information content (AvgIpc) is 3.31. The largest absolute Gasteiger partial charge is 0.426 e. The SMILES string of the molecule is CC(=O)OC(C=C(C)[C@H]1CC[C@H]2[C@@H]3CCC4CCCC[C@]4(C)[C@H]3CC[C@]12C)=C(c1ccccc1)c1ccccc1. The summed E-state index contributed by atoms with van der Waals surface area (Å²) in [6.07, 6.45) is 16.3. The van der Waals surface area contributed by atoms with Crippen LogP contribution in [0.5, 0.6) is 0 Å². The molecule has 2 heteroatoms. The van der Waals surface area contributed by atoms with Crippen LogP contribution in [-0.4, -0.2) is 5.97 Å². The molecule has 0 radical (unpaired) electrons. The van der Waals surface area contributed by atoms with Crippen LogP contribution < -0.4 is 0 Å². The fraction of sp³-hybridized carbons (Fsp3) is 0.553. The zero-order valence-corrected chi connectivity index (χ0v) is 25.1. The lowest BCUT2D eigenvalue weighted by Crippen LogP contribution is -2.52. The molecular weight excluding hydrogens is 488 g/mol. The van der Waals surface area contributed by atoms with Gasteiger partial charge in [-0.05, 0) is 116 Å². The van der Waals surface area contributed by atoms with Crippen molar-refractivity contribution in [2.45, 2.75) is 91.9 Å². The topological polar surface area (TPSA) is 26.3 Å². The van der Waals surface area contributed by atoms with E-state index in [1.807, 2.05) is 12.1 Å². The maximum absolute atomic E-state index is 12.4. The molecule has 0 aliphatic heterocycles. The predicted molar refractivity (Wildman–Crippen MR) is 164 cm³/mol. The van der Waals surface area contributed by atoms with Gasteiger partial charge in [0.2, 0.25) is 0 Å². The second-order valence-electron chi connectivity index (χ2n) is 14.0. The van der Waals surface area contributed by atoms with Gasteiger partial charge in [0, 0.05) is 12.5 Å². The van der Waals surface area contributed by atoms with Gasteiger partial charge in [-0.3, -0.25) is 4.79 Å². The number of hydrogen-bond donors (Lipinski definition) is 0. The lowest BCUT2D eigenvalue weighted by atomic mass is 9.44. The minimum Gasteiger partial charge on any atom is -0.426 e. The lowest BCUT2D eigenvalue weighted by molar-refractivity contribution is -0.136. The number of allylic oxidation sites excluding steroid dienone is 2. The number of carbonyl (C=O) groups is 1. The molecule has 212 valence electrons. The molecule has 6 rings (SSSR count). The fourth-order valence-electron chi connectivity index (χ4n) is 10.3. The van der Waals surface area contributed by atoms with Crippen LogP contribution in [-0.2, 0) is 9.53 Å². The van der Waals surface area contributed by atoms with E-state index >= 15 is 0 Å². The number of carbonyl (C=O) groups excluding carboxylic acids is 1. The molecule has 7 atom stereocenters. The van der Waals surface area contributed by atoms with E-state index in [-0.39, 0.29) is 5.97 Å². The zero-order valence-electron chi connectivity index (χ0n) is 25.1. The molecule has 0 bridgehead atoms. The van der Waals surface area contributed by atoms with Crippen molar-refractivity contribution in [1.29, 1.82) is 0 Å². The predicted octanol–water partition coefficient (Wildman–Crippen LogP) is 10.0. The third-order valence-electron chi connectivity index (χ3n) is 12.1. The molecule has 0 amide bonds. The quantitative estimate of drug-likeness (QED) is 0.216. The molecule has 2 aromatic rings. The van der Waals surface area contributed by atoms with Crippen molar-refractivity contribution in [3.8, 4) is 0 Å². The van der Waals surface area contributed by atoms with Crippen LogP contribution in [0.2, 0.25) is 0 Å². The maximum atomic E-state index is 12.4. The van der Waals surface area contributed by atoms with Gasteiger partial charge in [-0.2, -0.15) is 0 Å². The van der Waals surface area contributed by atoms with Crippen molar-refractivity contribution in [1.82, 2.24) is 0 Å². The van der Waals surface area contributed by atoms with Crippen LogP contribution in [0.15, 0.2) is 78.1 Å².